The van der Waals surface area contributed by atoms with Crippen LogP contribution >= 0.6 is 11.8 Å². The molecule has 0 N–H and O–H groups in total. The van der Waals surface area contributed by atoms with Crippen LogP contribution < -0.4 is 0 Å². The zero-order chi connectivity index (χ0) is 18.2. The zero-order valence-electron chi connectivity index (χ0n) is 12.4. The van der Waals surface area contributed by atoms with Crippen molar-refractivity contribution < 1.29 is 30.7 Å². The summed E-state index contributed by atoms with van der Waals surface area (Å²) in [5.41, 5.74) is -5.10. The second-order valence-electron chi connectivity index (χ2n) is 5.05. The van der Waals surface area contributed by atoms with E-state index in [1.54, 1.807) is 12.1 Å². The van der Waals surface area contributed by atoms with Gasteiger partial charge in [0.25, 0.3) is 5.91 Å². The number of nitrogens with zero attached hydrogens (tertiary/aromatic N) is 1. The van der Waals surface area contributed by atoms with E-state index in [2.05, 4.69) is 4.28 Å². The van der Waals surface area contributed by atoms with Crippen molar-refractivity contribution in [2.45, 2.75) is 21.8 Å². The average Bonchev–Trinajstić information content (AvgIpc) is 2.83. The van der Waals surface area contributed by atoms with E-state index >= 15 is 0 Å². The fraction of sp³-hybridized carbons (Fsp3) is 0.133. The first-order valence-electron chi connectivity index (χ1n) is 6.86. The van der Waals surface area contributed by atoms with Crippen LogP contribution in [0.3, 0.4) is 0 Å². The highest BCUT2D eigenvalue weighted by molar-refractivity contribution is 7.99. The van der Waals surface area contributed by atoms with Crippen LogP contribution in [-0.2, 0) is 20.9 Å². The second-order valence-corrected chi connectivity index (χ2v) is 7.72. The van der Waals surface area contributed by atoms with Gasteiger partial charge >= 0.3 is 15.6 Å². The summed E-state index contributed by atoms with van der Waals surface area (Å²) in [5, 5.41) is 0.199. The Morgan fingerprint density at radius 2 is 1.72 bits per heavy atom. The molecular formula is C15H10F3NO4S2. The van der Waals surface area contributed by atoms with Crippen LogP contribution in [-0.4, -0.2) is 24.9 Å². The largest absolute Gasteiger partial charge is 0.525 e. The van der Waals surface area contributed by atoms with Crippen LogP contribution in [0.25, 0.3) is 0 Å². The third kappa shape index (κ3) is 3.65. The Morgan fingerprint density at radius 3 is 2.36 bits per heavy atom. The Hall–Kier alpha value is -2.04. The standard InChI is InChI=1S/C15H10F3NO4S2/c16-15(17,18)25(21,22)23-19-9-10-6-7-12(8-13(10)14(19)20)24-11-4-2-1-3-5-11/h1-8H,9H2. The highest BCUT2D eigenvalue weighted by Crippen LogP contribution is 2.34. The predicted molar refractivity (Wildman–Crippen MR) is 82.9 cm³/mol. The van der Waals surface area contributed by atoms with Gasteiger partial charge in [-0.05, 0) is 29.8 Å². The van der Waals surface area contributed by atoms with E-state index in [9.17, 15) is 26.4 Å². The number of carbonyl (C=O) groups is 1. The molecule has 0 aliphatic carbocycles. The molecule has 0 bridgehead atoms. The predicted octanol–water partition coefficient (Wildman–Crippen LogP) is 3.57. The molecule has 5 nitrogen and oxygen atoms in total. The van der Waals surface area contributed by atoms with Gasteiger partial charge in [-0.15, -0.1) is 4.28 Å². The Kier molecular flexibility index (Phi) is 4.52. The minimum atomic E-state index is -5.89. The van der Waals surface area contributed by atoms with Gasteiger partial charge in [-0.2, -0.15) is 26.7 Å². The molecule has 0 saturated heterocycles. The third-order valence-corrected chi connectivity index (χ3v) is 5.24. The highest BCUT2D eigenvalue weighted by atomic mass is 32.2. The van der Waals surface area contributed by atoms with Crippen molar-refractivity contribution >= 4 is 27.8 Å². The molecule has 3 rings (SSSR count). The fourth-order valence-electron chi connectivity index (χ4n) is 2.16. The van der Waals surface area contributed by atoms with Crippen molar-refractivity contribution in [3.05, 3.63) is 59.7 Å². The molecule has 0 unspecified atom stereocenters. The van der Waals surface area contributed by atoms with Gasteiger partial charge in [0.05, 0.1) is 6.54 Å². The second kappa shape index (κ2) is 6.36. The minimum absolute atomic E-state index is 0.110. The van der Waals surface area contributed by atoms with Gasteiger partial charge in [-0.3, -0.25) is 4.79 Å². The van der Waals surface area contributed by atoms with Gasteiger partial charge in [0.2, 0.25) is 0 Å². The number of hydrogen-bond donors (Lipinski definition) is 0. The van der Waals surface area contributed by atoms with Crippen molar-refractivity contribution in [2.75, 3.05) is 0 Å². The van der Waals surface area contributed by atoms with E-state index < -0.39 is 21.5 Å². The molecule has 0 radical (unpaired) electrons. The van der Waals surface area contributed by atoms with Gasteiger partial charge < -0.3 is 0 Å². The lowest BCUT2D eigenvalue weighted by Crippen LogP contribution is -2.34. The summed E-state index contributed by atoms with van der Waals surface area (Å²) < 4.78 is 63.3. The van der Waals surface area contributed by atoms with Crippen molar-refractivity contribution in [2.24, 2.45) is 0 Å². The molecule has 0 saturated carbocycles. The smallest absolute Gasteiger partial charge is 0.267 e. The van der Waals surface area contributed by atoms with E-state index in [4.69, 9.17) is 0 Å². The fourth-order valence-corrected chi connectivity index (χ4v) is 3.48. The Morgan fingerprint density at radius 1 is 1.04 bits per heavy atom. The molecule has 2 aromatic rings. The Balaban J connectivity index is 1.81. The number of fused-ring (bicyclic) bond motifs is 1. The van der Waals surface area contributed by atoms with Crippen LogP contribution in [0.15, 0.2) is 58.3 Å². The van der Waals surface area contributed by atoms with Crippen LogP contribution in [0.1, 0.15) is 15.9 Å². The van der Waals surface area contributed by atoms with Gasteiger partial charge in [0.15, 0.2) is 0 Å². The van der Waals surface area contributed by atoms with E-state index in [0.717, 1.165) is 4.90 Å². The molecule has 1 heterocycles. The summed E-state index contributed by atoms with van der Waals surface area (Å²) in [6.07, 6.45) is 0. The molecule has 0 aromatic heterocycles. The molecule has 1 aliphatic rings. The molecule has 10 heteroatoms. The van der Waals surface area contributed by atoms with Gasteiger partial charge in [0.1, 0.15) is 0 Å². The van der Waals surface area contributed by atoms with E-state index in [0.29, 0.717) is 10.5 Å². The number of rotatable bonds is 4. The average molecular weight is 389 g/mol. The summed E-state index contributed by atoms with van der Waals surface area (Å²) in [7, 11) is -5.89. The van der Waals surface area contributed by atoms with Crippen molar-refractivity contribution in [3.63, 3.8) is 0 Å². The molecule has 132 valence electrons. The maximum atomic E-state index is 12.4. The highest BCUT2D eigenvalue weighted by Gasteiger charge is 2.50. The van der Waals surface area contributed by atoms with Crippen LogP contribution in [0.2, 0.25) is 0 Å². The topological polar surface area (TPSA) is 63.7 Å². The van der Waals surface area contributed by atoms with E-state index in [-0.39, 0.29) is 17.2 Å². The molecule has 0 spiro atoms. The van der Waals surface area contributed by atoms with Crippen molar-refractivity contribution in [1.29, 1.82) is 0 Å². The van der Waals surface area contributed by atoms with Crippen molar-refractivity contribution in [3.8, 4) is 0 Å². The number of carbonyl (C=O) groups excluding carboxylic acids is 1. The molecule has 2 aromatic carbocycles. The third-order valence-electron chi connectivity index (χ3n) is 3.30. The minimum Gasteiger partial charge on any atom is -0.267 e. The summed E-state index contributed by atoms with van der Waals surface area (Å²) >= 11 is 1.36. The maximum absolute atomic E-state index is 12.4. The number of halogens is 3. The van der Waals surface area contributed by atoms with Crippen LogP contribution in [0, 0.1) is 0 Å². The maximum Gasteiger partial charge on any atom is 0.525 e. The summed E-state index contributed by atoms with van der Waals surface area (Å²) in [6.45, 7) is -0.375. The summed E-state index contributed by atoms with van der Waals surface area (Å²) in [6, 6.07) is 14.0. The number of hydrogen-bond acceptors (Lipinski definition) is 5. The monoisotopic (exact) mass is 389 g/mol. The first-order valence-corrected chi connectivity index (χ1v) is 9.08. The molecular weight excluding hydrogens is 379 g/mol. The summed E-state index contributed by atoms with van der Waals surface area (Å²) in [4.78, 5) is 13.8. The van der Waals surface area contributed by atoms with Crippen LogP contribution in [0.4, 0.5) is 13.2 Å². The number of amides is 1. The first kappa shape index (κ1) is 17.8. The van der Waals surface area contributed by atoms with Gasteiger partial charge in [-0.25, -0.2) is 0 Å². The molecule has 1 amide bonds. The van der Waals surface area contributed by atoms with E-state index in [1.807, 2.05) is 30.3 Å². The molecule has 0 fully saturated rings. The van der Waals surface area contributed by atoms with Crippen molar-refractivity contribution in [1.82, 2.24) is 5.06 Å². The number of benzene rings is 2. The lowest BCUT2D eigenvalue weighted by molar-refractivity contribution is -0.0857. The number of hydroxylamine groups is 2. The van der Waals surface area contributed by atoms with Gasteiger partial charge in [-0.1, -0.05) is 36.0 Å². The Bertz CT molecular complexity index is 914. The first-order chi connectivity index (χ1) is 11.7. The van der Waals surface area contributed by atoms with Gasteiger partial charge in [0, 0.05) is 15.4 Å². The normalized spacial score (nSPS) is 14.7. The zero-order valence-corrected chi connectivity index (χ0v) is 14.0. The van der Waals surface area contributed by atoms with E-state index in [1.165, 1.54) is 17.8 Å². The molecule has 0 atom stereocenters. The SMILES string of the molecule is O=C1c2cc(Sc3ccccc3)ccc2CN1OS(=O)(=O)C(F)(F)F. The molecule has 1 aliphatic heterocycles. The quantitative estimate of drug-likeness (QED) is 0.748. The molecule has 25 heavy (non-hydrogen) atoms. The van der Waals surface area contributed by atoms with Crippen LogP contribution in [0.5, 0.6) is 0 Å². The summed E-state index contributed by atoms with van der Waals surface area (Å²) in [5.74, 6) is -0.932. The lowest BCUT2D eigenvalue weighted by Gasteiger charge is -2.15. The lowest BCUT2D eigenvalue weighted by atomic mass is 10.1. The Labute approximate surface area is 145 Å². The number of alkyl halides is 3.